The van der Waals surface area contributed by atoms with Crippen molar-refractivity contribution in [2.75, 3.05) is 26.4 Å². The topological polar surface area (TPSA) is 178 Å². The van der Waals surface area contributed by atoms with Crippen molar-refractivity contribution in [3.8, 4) is 0 Å². The van der Waals surface area contributed by atoms with Crippen molar-refractivity contribution in [3.63, 3.8) is 0 Å². The first-order valence-corrected chi connectivity index (χ1v) is 17.1. The summed E-state index contributed by atoms with van der Waals surface area (Å²) in [5.41, 5.74) is 0. The van der Waals surface area contributed by atoms with E-state index in [1.807, 2.05) is 0 Å². The smallest absolute Gasteiger partial charge is 0.397 e. The first-order chi connectivity index (χ1) is 20.1. The molecule has 0 saturated carbocycles. The molecule has 4 N–H and O–H groups in total. The van der Waals surface area contributed by atoms with Crippen LogP contribution in [-0.4, -0.2) is 97.5 Å². The molecule has 12 nitrogen and oxygen atoms in total. The van der Waals surface area contributed by atoms with E-state index in [-0.39, 0.29) is 13.2 Å². The molecule has 1 fully saturated rings. The number of aliphatic hydroxyl groups excluding tert-OH is 3. The molecule has 0 aromatic carbocycles. The normalized spacial score (nSPS) is 23.6. The highest BCUT2D eigenvalue weighted by Gasteiger charge is 2.47. The Labute approximate surface area is 252 Å². The number of rotatable bonds is 26. The van der Waals surface area contributed by atoms with E-state index >= 15 is 0 Å². The molecule has 1 rings (SSSR count). The van der Waals surface area contributed by atoms with E-state index < -0.39 is 59.8 Å². The average Bonchev–Trinajstić information content (AvgIpc) is 2.93. The van der Waals surface area contributed by atoms with Crippen molar-refractivity contribution in [3.05, 3.63) is 0 Å². The summed E-state index contributed by atoms with van der Waals surface area (Å²) in [4.78, 5) is 11.5. The zero-order chi connectivity index (χ0) is 31.2. The van der Waals surface area contributed by atoms with Crippen molar-refractivity contribution >= 4 is 16.4 Å². The summed E-state index contributed by atoms with van der Waals surface area (Å²) in [6.07, 6.45) is 11.2. The van der Waals surface area contributed by atoms with Crippen LogP contribution in [0, 0.1) is 0 Å². The Bertz CT molecular complexity index is 781. The Morgan fingerprint density at radius 3 is 1.76 bits per heavy atom. The Morgan fingerprint density at radius 1 is 0.810 bits per heavy atom. The first kappa shape index (κ1) is 39.1. The van der Waals surface area contributed by atoms with Crippen molar-refractivity contribution in [1.29, 1.82) is 0 Å². The van der Waals surface area contributed by atoms with Gasteiger partial charge in [0.25, 0.3) is 0 Å². The molecule has 250 valence electrons. The molecule has 6 unspecified atom stereocenters. The number of carbonyl (C=O) groups is 1. The quantitative estimate of drug-likeness (QED) is 0.0619. The van der Waals surface area contributed by atoms with Crippen LogP contribution in [0.5, 0.6) is 0 Å². The van der Waals surface area contributed by atoms with Gasteiger partial charge in [0, 0.05) is 13.5 Å². The largest absolute Gasteiger partial charge is 0.458 e. The number of esters is 1. The summed E-state index contributed by atoms with van der Waals surface area (Å²) in [6, 6.07) is 0. The number of aliphatic hydroxyl groups is 3. The van der Waals surface area contributed by atoms with Crippen molar-refractivity contribution in [2.24, 2.45) is 0 Å². The Balaban J connectivity index is 2.20. The second kappa shape index (κ2) is 23.5. The molecule has 1 aliphatic rings. The van der Waals surface area contributed by atoms with Gasteiger partial charge in [0.1, 0.15) is 30.5 Å². The molecule has 0 spiro atoms. The molecule has 0 aromatic heterocycles. The molecule has 1 aliphatic heterocycles. The summed E-state index contributed by atoms with van der Waals surface area (Å²) in [7, 11) is -5.03. The number of hydrogen-bond acceptors (Lipinski definition) is 11. The number of hydrogen-bond donors (Lipinski definition) is 4. The molecule has 0 radical (unpaired) electrons. The summed E-state index contributed by atoms with van der Waals surface area (Å²) in [6.45, 7) is 2.95. The maximum absolute atomic E-state index is 11.5. The van der Waals surface area contributed by atoms with E-state index in [4.69, 9.17) is 23.5 Å². The molecular formula is C29H56O12S. The SMILES string of the molecule is CCCCCCCCCCCCCCCCCCOCC(COC1OC(CO)C(O)C(OS(=O)(=O)O)C1O)OC(C)=O. The molecule has 0 amide bonds. The zero-order valence-corrected chi connectivity index (χ0v) is 26.4. The third-order valence-electron chi connectivity index (χ3n) is 7.28. The van der Waals surface area contributed by atoms with Gasteiger partial charge in [-0.15, -0.1) is 0 Å². The number of carbonyl (C=O) groups excluding carboxylic acids is 1. The van der Waals surface area contributed by atoms with Crippen LogP contribution < -0.4 is 0 Å². The molecule has 6 atom stereocenters. The minimum Gasteiger partial charge on any atom is -0.458 e. The third-order valence-corrected chi connectivity index (χ3v) is 7.74. The van der Waals surface area contributed by atoms with Gasteiger partial charge in [-0.25, -0.2) is 4.18 Å². The first-order valence-electron chi connectivity index (χ1n) is 15.7. The number of unbranched alkanes of at least 4 members (excludes halogenated alkanes) is 15. The highest BCUT2D eigenvalue weighted by molar-refractivity contribution is 7.80. The second-order valence-corrected chi connectivity index (χ2v) is 12.2. The molecule has 1 saturated heterocycles. The Kier molecular flexibility index (Phi) is 21.9. The lowest BCUT2D eigenvalue weighted by atomic mass is 9.99. The van der Waals surface area contributed by atoms with Crippen LogP contribution in [-0.2, 0) is 38.3 Å². The van der Waals surface area contributed by atoms with E-state index in [0.717, 1.165) is 19.3 Å². The van der Waals surface area contributed by atoms with Crippen LogP contribution in [0.3, 0.4) is 0 Å². The average molecular weight is 629 g/mol. The maximum atomic E-state index is 11.5. The maximum Gasteiger partial charge on any atom is 0.397 e. The molecule has 0 aliphatic carbocycles. The lowest BCUT2D eigenvalue weighted by Gasteiger charge is -2.41. The van der Waals surface area contributed by atoms with Gasteiger partial charge in [-0.05, 0) is 6.42 Å². The van der Waals surface area contributed by atoms with Crippen LogP contribution >= 0.6 is 0 Å². The van der Waals surface area contributed by atoms with Gasteiger partial charge in [-0.1, -0.05) is 103 Å². The summed E-state index contributed by atoms with van der Waals surface area (Å²) in [5, 5.41) is 29.9. The number of ether oxygens (including phenoxy) is 4. The van der Waals surface area contributed by atoms with Gasteiger partial charge in [0.05, 0.1) is 19.8 Å². The van der Waals surface area contributed by atoms with E-state index in [2.05, 4.69) is 11.1 Å². The second-order valence-electron chi connectivity index (χ2n) is 11.1. The molecule has 0 bridgehead atoms. The van der Waals surface area contributed by atoms with Gasteiger partial charge < -0.3 is 34.3 Å². The predicted molar refractivity (Wildman–Crippen MR) is 156 cm³/mol. The molecule has 42 heavy (non-hydrogen) atoms. The molecule has 0 aromatic rings. The summed E-state index contributed by atoms with van der Waals surface area (Å²) >= 11 is 0. The van der Waals surface area contributed by atoms with Crippen LogP contribution in [0.4, 0.5) is 0 Å². The van der Waals surface area contributed by atoms with E-state index in [1.54, 1.807) is 0 Å². The Morgan fingerprint density at radius 2 is 1.31 bits per heavy atom. The van der Waals surface area contributed by atoms with E-state index in [0.29, 0.717) is 6.61 Å². The van der Waals surface area contributed by atoms with Gasteiger partial charge in [0.2, 0.25) is 0 Å². The fourth-order valence-electron chi connectivity index (χ4n) is 4.96. The van der Waals surface area contributed by atoms with Crippen molar-refractivity contribution in [1.82, 2.24) is 0 Å². The van der Waals surface area contributed by atoms with Crippen LogP contribution in [0.2, 0.25) is 0 Å². The molecule has 13 heteroatoms. The van der Waals surface area contributed by atoms with Gasteiger partial charge in [-0.2, -0.15) is 8.42 Å². The lowest BCUT2D eigenvalue weighted by Crippen LogP contribution is -2.60. The summed E-state index contributed by atoms with van der Waals surface area (Å²) < 4.78 is 57.1. The van der Waals surface area contributed by atoms with Crippen molar-refractivity contribution in [2.45, 2.75) is 153 Å². The van der Waals surface area contributed by atoms with Crippen LogP contribution in [0.25, 0.3) is 0 Å². The minimum atomic E-state index is -5.03. The minimum absolute atomic E-state index is 0.0259. The molecular weight excluding hydrogens is 572 g/mol. The van der Waals surface area contributed by atoms with E-state index in [9.17, 15) is 28.5 Å². The van der Waals surface area contributed by atoms with Gasteiger partial charge in [-0.3, -0.25) is 9.35 Å². The monoisotopic (exact) mass is 628 g/mol. The third kappa shape index (κ3) is 18.7. The van der Waals surface area contributed by atoms with Crippen LogP contribution in [0.1, 0.15) is 117 Å². The lowest BCUT2D eigenvalue weighted by molar-refractivity contribution is -0.301. The van der Waals surface area contributed by atoms with Crippen LogP contribution in [0.15, 0.2) is 0 Å². The molecule has 1 heterocycles. The van der Waals surface area contributed by atoms with E-state index in [1.165, 1.54) is 90.4 Å². The fourth-order valence-corrected chi connectivity index (χ4v) is 5.47. The highest BCUT2D eigenvalue weighted by Crippen LogP contribution is 2.25. The standard InChI is InChI=1S/C29H56O12S/c1-3-4-5-6-7-8-9-10-11-12-13-14-15-16-17-18-19-37-21-24(39-23(2)31)22-38-29-27(33)28(41-42(34,35)36)26(32)25(20-30)40-29/h24-30,32-33H,3-22H2,1-2H3,(H,34,35,36). The fraction of sp³-hybridized carbons (Fsp3) is 0.966. The predicted octanol–water partition coefficient (Wildman–Crippen LogP) is 3.84. The van der Waals surface area contributed by atoms with Crippen molar-refractivity contribution < 1.29 is 56.2 Å². The Hall–Kier alpha value is -0.900. The zero-order valence-electron chi connectivity index (χ0n) is 25.6. The van der Waals surface area contributed by atoms with Gasteiger partial charge >= 0.3 is 16.4 Å². The van der Waals surface area contributed by atoms with Gasteiger partial charge in [0.15, 0.2) is 6.29 Å². The highest BCUT2D eigenvalue weighted by atomic mass is 32.3. The summed E-state index contributed by atoms with van der Waals surface area (Å²) in [5.74, 6) is -0.573.